The van der Waals surface area contributed by atoms with Gasteiger partial charge in [-0.3, -0.25) is 4.98 Å². The van der Waals surface area contributed by atoms with Gasteiger partial charge in [0.05, 0.1) is 32.9 Å². The number of rotatable bonds is 7. The number of nitrogens with one attached hydrogen (secondary N) is 1. The molecule has 2 aromatic heterocycles. The Bertz CT molecular complexity index is 1050. The fraction of sp³-hybridized carbons (Fsp3) is 0.278. The van der Waals surface area contributed by atoms with Crippen LogP contribution in [-0.2, 0) is 10.0 Å². The van der Waals surface area contributed by atoms with Crippen LogP contribution in [0.3, 0.4) is 0 Å². The molecule has 0 saturated carbocycles. The maximum Gasteiger partial charge on any atom is 0.240 e. The van der Waals surface area contributed by atoms with Gasteiger partial charge >= 0.3 is 0 Å². The molecule has 2 N–H and O–H groups in total. The number of aliphatic hydroxyl groups excluding tert-OH is 1. The van der Waals surface area contributed by atoms with E-state index in [4.69, 9.17) is 5.11 Å². The molecule has 0 saturated heterocycles. The lowest BCUT2D eigenvalue weighted by Gasteiger charge is -2.10. The van der Waals surface area contributed by atoms with Gasteiger partial charge in [-0.05, 0) is 38.0 Å². The predicted octanol–water partition coefficient (Wildman–Crippen LogP) is 2.54. The van der Waals surface area contributed by atoms with E-state index in [0.29, 0.717) is 23.4 Å². The average Bonchev–Trinajstić information content (AvgIpc) is 3.08. The highest BCUT2D eigenvalue weighted by atomic mass is 32.2. The summed E-state index contributed by atoms with van der Waals surface area (Å²) in [6.45, 7) is 3.94. The molecule has 3 aromatic rings. The Morgan fingerprint density at radius 2 is 1.93 bits per heavy atom. The van der Waals surface area contributed by atoms with Crippen LogP contribution in [0, 0.1) is 13.8 Å². The Morgan fingerprint density at radius 1 is 1.15 bits per heavy atom. The lowest BCUT2D eigenvalue weighted by atomic mass is 10.1. The number of sulfonamides is 1. The van der Waals surface area contributed by atoms with E-state index < -0.39 is 10.0 Å². The van der Waals surface area contributed by atoms with Gasteiger partial charge in [0.1, 0.15) is 5.69 Å². The third kappa shape index (κ3) is 4.56. The van der Waals surface area contributed by atoms with Crippen molar-refractivity contribution in [1.29, 1.82) is 0 Å². The van der Waals surface area contributed by atoms with Gasteiger partial charge in [0.25, 0.3) is 0 Å². The van der Waals surface area contributed by atoms with Crippen molar-refractivity contribution in [1.82, 2.24) is 19.7 Å². The fourth-order valence-corrected chi connectivity index (χ4v) is 4.34. The number of hydrogen-bond donors (Lipinski definition) is 2. The van der Waals surface area contributed by atoms with Crippen molar-refractivity contribution in [3.63, 3.8) is 0 Å². The molecule has 0 aliphatic heterocycles. The molecule has 0 atom stereocenters. The topological polar surface area (TPSA) is 105 Å². The second kappa shape index (κ2) is 8.22. The molecular weight excluding hydrogens is 384 g/mol. The highest BCUT2D eigenvalue weighted by Gasteiger charge is 2.16. The third-order valence-corrected chi connectivity index (χ3v) is 6.32. The maximum atomic E-state index is 12.5. The van der Waals surface area contributed by atoms with Crippen LogP contribution in [0.1, 0.15) is 17.0 Å². The van der Waals surface area contributed by atoms with E-state index >= 15 is 0 Å². The first kappa shape index (κ1) is 19.6. The van der Waals surface area contributed by atoms with Crippen LogP contribution in [0.25, 0.3) is 21.8 Å². The monoisotopic (exact) mass is 404 g/mol. The Balaban J connectivity index is 1.98. The van der Waals surface area contributed by atoms with Crippen molar-refractivity contribution in [2.45, 2.75) is 25.2 Å². The minimum Gasteiger partial charge on any atom is -0.396 e. The predicted molar refractivity (Wildman–Crippen MR) is 105 cm³/mol. The van der Waals surface area contributed by atoms with Gasteiger partial charge < -0.3 is 5.11 Å². The molecule has 0 fully saturated rings. The second-order valence-electron chi connectivity index (χ2n) is 5.98. The Morgan fingerprint density at radius 3 is 2.63 bits per heavy atom. The molecule has 7 nitrogen and oxygen atoms in total. The number of aryl methyl sites for hydroxylation is 2. The zero-order valence-electron chi connectivity index (χ0n) is 15.0. The molecule has 3 rings (SSSR count). The highest BCUT2D eigenvalue weighted by Crippen LogP contribution is 2.28. The molecule has 1 aromatic carbocycles. The van der Waals surface area contributed by atoms with E-state index in [9.17, 15) is 8.42 Å². The number of nitrogens with zero attached hydrogens (tertiary/aromatic N) is 3. The summed E-state index contributed by atoms with van der Waals surface area (Å²) in [5.74, 6) is 0. The molecule has 27 heavy (non-hydrogen) atoms. The van der Waals surface area contributed by atoms with E-state index in [1.165, 1.54) is 11.3 Å². The number of aliphatic hydroxyl groups is 1. The second-order valence-corrected chi connectivity index (χ2v) is 8.99. The number of aromatic nitrogens is 3. The first-order valence-electron chi connectivity index (χ1n) is 8.37. The van der Waals surface area contributed by atoms with Crippen molar-refractivity contribution in [3.8, 4) is 21.8 Å². The van der Waals surface area contributed by atoms with Gasteiger partial charge in [-0.2, -0.15) is 0 Å². The highest BCUT2D eigenvalue weighted by molar-refractivity contribution is 7.89. The Labute approximate surface area is 162 Å². The molecule has 2 heterocycles. The molecule has 9 heteroatoms. The standard InChI is InChI=1S/C18H20N4O3S2/c1-12-4-5-14(27(24,25)21-6-3-7-23)8-15(12)16-9-19-10-17(22-16)18-11-20-13(2)26-18/h4-5,8-11,21,23H,3,6-7H2,1-2H3. The minimum absolute atomic E-state index is 0.0684. The summed E-state index contributed by atoms with van der Waals surface area (Å²) in [5, 5.41) is 9.77. The van der Waals surface area contributed by atoms with Crippen LogP contribution in [0.5, 0.6) is 0 Å². The summed E-state index contributed by atoms with van der Waals surface area (Å²) >= 11 is 1.53. The van der Waals surface area contributed by atoms with Gasteiger partial charge in [-0.25, -0.2) is 23.1 Å². The normalized spacial score (nSPS) is 11.7. The largest absolute Gasteiger partial charge is 0.396 e. The van der Waals surface area contributed by atoms with Crippen molar-refractivity contribution >= 4 is 21.4 Å². The molecule has 142 valence electrons. The quantitative estimate of drug-likeness (QED) is 0.586. The molecule has 0 bridgehead atoms. The number of benzene rings is 1. The third-order valence-electron chi connectivity index (χ3n) is 3.93. The van der Waals surface area contributed by atoms with E-state index in [0.717, 1.165) is 15.4 Å². The van der Waals surface area contributed by atoms with E-state index in [1.807, 2.05) is 13.8 Å². The van der Waals surface area contributed by atoms with Gasteiger partial charge in [0.2, 0.25) is 10.0 Å². The lowest BCUT2D eigenvalue weighted by Crippen LogP contribution is -2.25. The molecule has 0 spiro atoms. The molecular formula is C18H20N4O3S2. The zero-order valence-corrected chi connectivity index (χ0v) is 16.6. The van der Waals surface area contributed by atoms with E-state index in [-0.39, 0.29) is 18.0 Å². The van der Waals surface area contributed by atoms with Gasteiger partial charge in [-0.15, -0.1) is 11.3 Å². The number of thiazole rings is 1. The van der Waals surface area contributed by atoms with Crippen LogP contribution in [0.4, 0.5) is 0 Å². The maximum absolute atomic E-state index is 12.5. The van der Waals surface area contributed by atoms with E-state index in [2.05, 4.69) is 19.7 Å². The van der Waals surface area contributed by atoms with Crippen molar-refractivity contribution < 1.29 is 13.5 Å². The van der Waals surface area contributed by atoms with Gasteiger partial charge in [0.15, 0.2) is 0 Å². The van der Waals surface area contributed by atoms with Crippen LogP contribution >= 0.6 is 11.3 Å². The molecule has 0 aliphatic rings. The summed E-state index contributed by atoms with van der Waals surface area (Å²) in [6.07, 6.45) is 5.41. The SMILES string of the molecule is Cc1ncc(-c2cncc(-c3cc(S(=O)(=O)NCCCO)ccc3C)n2)s1. The van der Waals surface area contributed by atoms with Crippen LogP contribution in [-0.4, -0.2) is 41.6 Å². The average molecular weight is 405 g/mol. The molecule has 0 amide bonds. The fourth-order valence-electron chi connectivity index (χ4n) is 2.51. The van der Waals surface area contributed by atoms with Crippen LogP contribution in [0.2, 0.25) is 0 Å². The summed E-state index contributed by atoms with van der Waals surface area (Å²) in [7, 11) is -3.66. The van der Waals surface area contributed by atoms with Crippen LogP contribution in [0.15, 0.2) is 41.7 Å². The first-order valence-corrected chi connectivity index (χ1v) is 10.7. The Hall–Kier alpha value is -2.20. The van der Waals surface area contributed by atoms with Crippen molar-refractivity contribution in [2.75, 3.05) is 13.2 Å². The molecule has 0 radical (unpaired) electrons. The zero-order chi connectivity index (χ0) is 19.4. The minimum atomic E-state index is -3.66. The van der Waals surface area contributed by atoms with Gasteiger partial charge in [-0.1, -0.05) is 6.07 Å². The summed E-state index contributed by atoms with van der Waals surface area (Å²) < 4.78 is 27.4. The lowest BCUT2D eigenvalue weighted by molar-refractivity contribution is 0.289. The van der Waals surface area contributed by atoms with Crippen molar-refractivity contribution in [3.05, 3.63) is 47.4 Å². The molecule has 0 aliphatic carbocycles. The van der Waals surface area contributed by atoms with E-state index in [1.54, 1.807) is 36.8 Å². The summed E-state index contributed by atoms with van der Waals surface area (Å²) in [4.78, 5) is 14.2. The van der Waals surface area contributed by atoms with Gasteiger partial charge in [0, 0.05) is 24.9 Å². The Kier molecular flexibility index (Phi) is 5.95. The summed E-state index contributed by atoms with van der Waals surface area (Å²) in [5.41, 5.74) is 2.90. The smallest absolute Gasteiger partial charge is 0.240 e. The first-order chi connectivity index (χ1) is 12.9. The summed E-state index contributed by atoms with van der Waals surface area (Å²) in [6, 6.07) is 4.91. The number of hydrogen-bond acceptors (Lipinski definition) is 7. The van der Waals surface area contributed by atoms with Crippen LogP contribution < -0.4 is 4.72 Å². The van der Waals surface area contributed by atoms with Crippen molar-refractivity contribution in [2.24, 2.45) is 0 Å². The molecule has 0 unspecified atom stereocenters.